The van der Waals surface area contributed by atoms with Crippen LogP contribution in [0.25, 0.3) is 0 Å². The van der Waals surface area contributed by atoms with Gasteiger partial charge in [-0.1, -0.05) is 0 Å². The monoisotopic (exact) mass is 246 g/mol. The Morgan fingerprint density at radius 2 is 1.44 bits per heavy atom. The molecule has 0 aliphatic heterocycles. The van der Waals surface area contributed by atoms with Gasteiger partial charge in [0.15, 0.2) is 5.75 Å². The molecule has 6 heteroatoms. The topological polar surface area (TPSA) is 96.8 Å². The Morgan fingerprint density at radius 3 is 2.00 bits per heavy atom. The SMILES string of the molecule is NOc1ccc(ON([O-])c2ccc(N)cc2)cc1. The molecule has 0 radical (unpaired) electrons. The molecule has 0 saturated carbocycles. The lowest BCUT2D eigenvalue weighted by molar-refractivity contribution is 0.315. The molecular weight excluding hydrogens is 234 g/mol. The van der Waals surface area contributed by atoms with E-state index in [4.69, 9.17) is 16.5 Å². The molecule has 0 aliphatic rings. The van der Waals surface area contributed by atoms with Crippen LogP contribution in [0.5, 0.6) is 11.5 Å². The first kappa shape index (κ1) is 12.0. The van der Waals surface area contributed by atoms with Crippen LogP contribution in [0, 0.1) is 5.21 Å². The summed E-state index contributed by atoms with van der Waals surface area (Å²) in [6.45, 7) is 0. The van der Waals surface area contributed by atoms with Crippen molar-refractivity contribution < 1.29 is 9.68 Å². The van der Waals surface area contributed by atoms with E-state index in [1.165, 1.54) is 0 Å². The van der Waals surface area contributed by atoms with E-state index in [2.05, 4.69) is 4.84 Å². The Labute approximate surface area is 104 Å². The highest BCUT2D eigenvalue weighted by Gasteiger charge is 1.99. The fourth-order valence-corrected chi connectivity index (χ4v) is 1.32. The van der Waals surface area contributed by atoms with E-state index < -0.39 is 0 Å². The molecule has 6 nitrogen and oxygen atoms in total. The van der Waals surface area contributed by atoms with Crippen LogP contribution in [-0.4, -0.2) is 0 Å². The maximum Gasteiger partial charge on any atom is 0.154 e. The molecule has 2 rings (SSSR count). The molecule has 0 bridgehead atoms. The van der Waals surface area contributed by atoms with Gasteiger partial charge in [-0.3, -0.25) is 5.23 Å². The van der Waals surface area contributed by atoms with Gasteiger partial charge in [0.05, 0.1) is 5.69 Å². The fourth-order valence-electron chi connectivity index (χ4n) is 1.32. The predicted molar refractivity (Wildman–Crippen MR) is 68.6 cm³/mol. The van der Waals surface area contributed by atoms with Gasteiger partial charge in [0.25, 0.3) is 0 Å². The summed E-state index contributed by atoms with van der Waals surface area (Å²) < 4.78 is 0. The summed E-state index contributed by atoms with van der Waals surface area (Å²) in [5.74, 6) is 5.84. The predicted octanol–water partition coefficient (Wildman–Crippen LogP) is 1.82. The lowest BCUT2D eigenvalue weighted by Crippen LogP contribution is -2.19. The molecule has 18 heavy (non-hydrogen) atoms. The molecule has 0 saturated heterocycles. The van der Waals surface area contributed by atoms with E-state index in [0.29, 0.717) is 28.1 Å². The second kappa shape index (κ2) is 5.26. The second-order valence-electron chi connectivity index (χ2n) is 3.53. The van der Waals surface area contributed by atoms with E-state index in [0.717, 1.165) is 0 Å². The largest absolute Gasteiger partial charge is 0.724 e. The number of nitrogen functional groups attached to an aromatic ring is 1. The van der Waals surface area contributed by atoms with Gasteiger partial charge in [-0.05, 0) is 48.5 Å². The quantitative estimate of drug-likeness (QED) is 0.630. The summed E-state index contributed by atoms with van der Waals surface area (Å²) in [6, 6.07) is 12.7. The normalized spacial score (nSPS) is 9.89. The van der Waals surface area contributed by atoms with Gasteiger partial charge in [0, 0.05) is 5.69 Å². The number of hydrogen-bond acceptors (Lipinski definition) is 6. The summed E-state index contributed by atoms with van der Waals surface area (Å²) in [4.78, 5) is 9.59. The first-order valence-electron chi connectivity index (χ1n) is 5.16. The smallest absolute Gasteiger partial charge is 0.154 e. The van der Waals surface area contributed by atoms with Gasteiger partial charge in [0.1, 0.15) is 5.75 Å². The molecule has 0 fully saturated rings. The van der Waals surface area contributed by atoms with Crippen molar-refractivity contribution in [3.8, 4) is 11.5 Å². The van der Waals surface area contributed by atoms with Gasteiger partial charge < -0.3 is 20.6 Å². The number of rotatable bonds is 4. The van der Waals surface area contributed by atoms with Gasteiger partial charge in [-0.15, -0.1) is 0 Å². The van der Waals surface area contributed by atoms with Crippen LogP contribution in [-0.2, 0) is 0 Å². The van der Waals surface area contributed by atoms with E-state index in [9.17, 15) is 5.21 Å². The lowest BCUT2D eigenvalue weighted by atomic mass is 10.3. The summed E-state index contributed by atoms with van der Waals surface area (Å²) in [5.41, 5.74) is 6.45. The van der Waals surface area contributed by atoms with Crippen molar-refractivity contribution in [2.24, 2.45) is 5.90 Å². The van der Waals surface area contributed by atoms with Crippen LogP contribution in [0.1, 0.15) is 0 Å². The number of nitrogens with two attached hydrogens (primary N) is 2. The van der Waals surface area contributed by atoms with Crippen molar-refractivity contribution in [2.75, 3.05) is 11.0 Å². The average Bonchev–Trinajstić information content (AvgIpc) is 2.40. The summed E-state index contributed by atoms with van der Waals surface area (Å²) >= 11 is 0. The van der Waals surface area contributed by atoms with Crippen molar-refractivity contribution in [3.05, 3.63) is 53.7 Å². The highest BCUT2D eigenvalue weighted by Crippen LogP contribution is 2.21. The Bertz CT molecular complexity index is 499. The Morgan fingerprint density at radius 1 is 0.889 bits per heavy atom. The molecule has 0 unspecified atom stereocenters. The zero-order chi connectivity index (χ0) is 13.0. The molecule has 2 aromatic carbocycles. The van der Waals surface area contributed by atoms with Crippen LogP contribution in [0.15, 0.2) is 48.5 Å². The zero-order valence-electron chi connectivity index (χ0n) is 9.45. The van der Waals surface area contributed by atoms with E-state index in [-0.39, 0.29) is 0 Å². The van der Waals surface area contributed by atoms with Crippen LogP contribution in [0.4, 0.5) is 11.4 Å². The molecule has 94 valence electrons. The molecule has 0 heterocycles. The zero-order valence-corrected chi connectivity index (χ0v) is 9.45. The summed E-state index contributed by atoms with van der Waals surface area (Å²) in [5, 5.41) is 12.1. The Balaban J connectivity index is 2.05. The third kappa shape index (κ3) is 2.82. The molecular formula is C12H12N3O3-. The molecule has 4 N–H and O–H groups in total. The highest BCUT2D eigenvalue weighted by atomic mass is 16.9. The molecule has 0 amide bonds. The van der Waals surface area contributed by atoms with E-state index in [1.807, 2.05) is 0 Å². The molecule has 0 aliphatic carbocycles. The third-order valence-electron chi connectivity index (χ3n) is 2.25. The third-order valence-corrected chi connectivity index (χ3v) is 2.25. The average molecular weight is 246 g/mol. The van der Waals surface area contributed by atoms with Crippen LogP contribution < -0.4 is 26.5 Å². The number of hydrogen-bond donors (Lipinski definition) is 2. The van der Waals surface area contributed by atoms with Gasteiger partial charge >= 0.3 is 0 Å². The number of benzene rings is 2. The number of nitrogens with zero attached hydrogens (tertiary/aromatic N) is 1. The van der Waals surface area contributed by atoms with Crippen molar-refractivity contribution in [3.63, 3.8) is 0 Å². The minimum absolute atomic E-state index is 0.350. The van der Waals surface area contributed by atoms with Crippen molar-refractivity contribution in [2.45, 2.75) is 0 Å². The second-order valence-corrected chi connectivity index (χ2v) is 3.53. The Kier molecular flexibility index (Phi) is 3.52. The minimum atomic E-state index is 0.350. The lowest BCUT2D eigenvalue weighted by Gasteiger charge is -2.29. The number of anilines is 2. The molecule has 2 aromatic rings. The van der Waals surface area contributed by atoms with E-state index in [1.54, 1.807) is 48.5 Å². The van der Waals surface area contributed by atoms with Gasteiger partial charge in [0.2, 0.25) is 0 Å². The van der Waals surface area contributed by atoms with E-state index >= 15 is 0 Å². The van der Waals surface area contributed by atoms with Crippen molar-refractivity contribution in [1.29, 1.82) is 0 Å². The van der Waals surface area contributed by atoms with Crippen LogP contribution in [0.2, 0.25) is 0 Å². The van der Waals surface area contributed by atoms with Crippen molar-refractivity contribution in [1.82, 2.24) is 0 Å². The maximum absolute atomic E-state index is 11.7. The summed E-state index contributed by atoms with van der Waals surface area (Å²) in [6.07, 6.45) is 0. The van der Waals surface area contributed by atoms with Gasteiger partial charge in [-0.25, -0.2) is 0 Å². The standard InChI is InChI=1S/C12H12N3O3/c13-9-1-3-10(4-2-9)15(16)18-12-7-5-11(17-14)6-8-12/h1-8H,13-14H2/q-1. The molecule has 0 aromatic heterocycles. The summed E-state index contributed by atoms with van der Waals surface area (Å²) in [7, 11) is 0. The minimum Gasteiger partial charge on any atom is -0.724 e. The maximum atomic E-state index is 11.7. The fraction of sp³-hybridized carbons (Fsp3) is 0. The molecule has 0 spiro atoms. The highest BCUT2D eigenvalue weighted by molar-refractivity contribution is 5.52. The van der Waals surface area contributed by atoms with Gasteiger partial charge in [-0.2, -0.15) is 5.90 Å². The Hall–Kier alpha value is -2.44. The first-order valence-corrected chi connectivity index (χ1v) is 5.16. The first-order chi connectivity index (χ1) is 8.69. The van der Waals surface area contributed by atoms with Crippen LogP contribution in [0.3, 0.4) is 0 Å². The molecule has 0 atom stereocenters. The van der Waals surface area contributed by atoms with Crippen LogP contribution >= 0.6 is 0 Å². The van der Waals surface area contributed by atoms with Crippen molar-refractivity contribution >= 4 is 11.4 Å².